The molecule has 148 valence electrons. The van der Waals surface area contributed by atoms with Gasteiger partial charge in [0.15, 0.2) is 0 Å². The number of hydrogen-bond acceptors (Lipinski definition) is 4. The number of piperidine rings is 1. The lowest BCUT2D eigenvalue weighted by Crippen LogP contribution is -2.39. The predicted molar refractivity (Wildman–Crippen MR) is 114 cm³/mol. The first-order valence-electron chi connectivity index (χ1n) is 10.1. The molecule has 28 heavy (non-hydrogen) atoms. The maximum Gasteiger partial charge on any atom is 0.254 e. The van der Waals surface area contributed by atoms with Gasteiger partial charge < -0.3 is 14.5 Å². The van der Waals surface area contributed by atoms with Crippen molar-refractivity contribution in [2.45, 2.75) is 24.3 Å². The minimum Gasteiger partial charge on any atom is -0.496 e. The standard InChI is InChI=1S/C23H28N2O2S/c1-27-21-8-4-5-9-22(21)28-15-14-24-12-10-18(11-13-24)16-25-17-19-6-2-3-7-20(19)23(25)26/h2-9,18H,10-17H2,1H3. The Morgan fingerprint density at radius 3 is 2.61 bits per heavy atom. The second kappa shape index (κ2) is 9.01. The fourth-order valence-corrected chi connectivity index (χ4v) is 5.23. The van der Waals surface area contributed by atoms with E-state index in [0.29, 0.717) is 5.92 Å². The fourth-order valence-electron chi connectivity index (χ4n) is 4.19. The Kier molecular flexibility index (Phi) is 6.23. The Bertz CT molecular complexity index is 818. The van der Waals surface area contributed by atoms with Crippen LogP contribution in [0.1, 0.15) is 28.8 Å². The summed E-state index contributed by atoms with van der Waals surface area (Å²) in [6.07, 6.45) is 2.36. The highest BCUT2D eigenvalue weighted by Gasteiger charge is 2.29. The van der Waals surface area contributed by atoms with Gasteiger partial charge in [0, 0.05) is 35.8 Å². The molecule has 2 aliphatic heterocycles. The minimum absolute atomic E-state index is 0.214. The smallest absolute Gasteiger partial charge is 0.254 e. The molecule has 0 radical (unpaired) electrons. The number of likely N-dealkylation sites (tertiary alicyclic amines) is 1. The van der Waals surface area contributed by atoms with Crippen LogP contribution in [0.25, 0.3) is 0 Å². The third-order valence-corrected chi connectivity index (χ3v) is 6.85. The summed E-state index contributed by atoms with van der Waals surface area (Å²) in [6.45, 7) is 5.05. The van der Waals surface area contributed by atoms with Gasteiger partial charge in [-0.3, -0.25) is 4.79 Å². The molecule has 1 saturated heterocycles. The first-order valence-corrected chi connectivity index (χ1v) is 11.1. The van der Waals surface area contributed by atoms with Gasteiger partial charge >= 0.3 is 0 Å². The van der Waals surface area contributed by atoms with E-state index >= 15 is 0 Å². The fraction of sp³-hybridized carbons (Fsp3) is 0.435. The van der Waals surface area contributed by atoms with Gasteiger partial charge in [-0.2, -0.15) is 0 Å². The maximum absolute atomic E-state index is 12.6. The lowest BCUT2D eigenvalue weighted by atomic mass is 9.96. The predicted octanol–water partition coefficient (Wildman–Crippen LogP) is 4.16. The molecular formula is C23H28N2O2S. The number of ether oxygens (including phenoxy) is 1. The lowest BCUT2D eigenvalue weighted by Gasteiger charge is -2.33. The third kappa shape index (κ3) is 4.36. The molecule has 0 unspecified atom stereocenters. The molecule has 2 heterocycles. The van der Waals surface area contributed by atoms with Crippen LogP contribution in [0, 0.1) is 5.92 Å². The number of methoxy groups -OCH3 is 1. The Morgan fingerprint density at radius 2 is 1.82 bits per heavy atom. The van der Waals surface area contributed by atoms with Gasteiger partial charge in [-0.25, -0.2) is 0 Å². The van der Waals surface area contributed by atoms with Crippen LogP contribution in [-0.4, -0.2) is 54.7 Å². The molecule has 2 aromatic carbocycles. The Morgan fingerprint density at radius 1 is 1.07 bits per heavy atom. The van der Waals surface area contributed by atoms with Crippen molar-refractivity contribution in [3.8, 4) is 5.75 Å². The number of carbonyl (C=O) groups is 1. The zero-order valence-corrected chi connectivity index (χ0v) is 17.3. The summed E-state index contributed by atoms with van der Waals surface area (Å²) in [7, 11) is 1.73. The first kappa shape index (κ1) is 19.3. The van der Waals surface area contributed by atoms with Gasteiger partial charge in [-0.1, -0.05) is 30.3 Å². The molecule has 1 fully saturated rings. The lowest BCUT2D eigenvalue weighted by molar-refractivity contribution is 0.0716. The topological polar surface area (TPSA) is 32.8 Å². The van der Waals surface area contributed by atoms with E-state index in [1.165, 1.54) is 23.3 Å². The SMILES string of the molecule is COc1ccccc1SCCN1CCC(CN2Cc3ccccc3C2=O)CC1. The summed E-state index contributed by atoms with van der Waals surface area (Å²) in [6, 6.07) is 16.2. The highest BCUT2D eigenvalue weighted by molar-refractivity contribution is 7.99. The van der Waals surface area contributed by atoms with Crippen molar-refractivity contribution < 1.29 is 9.53 Å². The Labute approximate surface area is 171 Å². The molecule has 1 amide bonds. The van der Waals surface area contributed by atoms with Gasteiger partial charge in [0.25, 0.3) is 5.91 Å². The van der Waals surface area contributed by atoms with Crippen LogP contribution in [0.2, 0.25) is 0 Å². The van der Waals surface area contributed by atoms with Gasteiger partial charge in [-0.05, 0) is 55.6 Å². The summed E-state index contributed by atoms with van der Waals surface area (Å²) in [4.78, 5) is 18.4. The molecule has 5 heteroatoms. The van der Waals surface area contributed by atoms with Crippen molar-refractivity contribution in [3.05, 3.63) is 59.7 Å². The van der Waals surface area contributed by atoms with E-state index in [1.54, 1.807) is 7.11 Å². The quantitative estimate of drug-likeness (QED) is 0.658. The second-order valence-corrected chi connectivity index (χ2v) is 8.76. The number of nitrogens with zero attached hydrogens (tertiary/aromatic N) is 2. The molecule has 0 aromatic heterocycles. The van der Waals surface area contributed by atoms with E-state index in [2.05, 4.69) is 23.1 Å². The van der Waals surface area contributed by atoms with Crippen molar-refractivity contribution in [2.24, 2.45) is 5.92 Å². The van der Waals surface area contributed by atoms with E-state index < -0.39 is 0 Å². The van der Waals surface area contributed by atoms with E-state index in [1.807, 2.05) is 47.0 Å². The number of benzene rings is 2. The van der Waals surface area contributed by atoms with E-state index in [4.69, 9.17) is 4.74 Å². The maximum atomic E-state index is 12.6. The first-order chi connectivity index (χ1) is 13.7. The van der Waals surface area contributed by atoms with Crippen molar-refractivity contribution in [1.82, 2.24) is 9.80 Å². The van der Waals surface area contributed by atoms with Crippen molar-refractivity contribution in [2.75, 3.05) is 39.0 Å². The van der Waals surface area contributed by atoms with Crippen LogP contribution in [0.3, 0.4) is 0 Å². The molecule has 0 saturated carbocycles. The normalized spacial score (nSPS) is 17.8. The van der Waals surface area contributed by atoms with Crippen molar-refractivity contribution in [1.29, 1.82) is 0 Å². The van der Waals surface area contributed by atoms with Crippen molar-refractivity contribution >= 4 is 17.7 Å². The molecule has 2 aliphatic rings. The number of rotatable bonds is 7. The summed E-state index contributed by atoms with van der Waals surface area (Å²) in [5.41, 5.74) is 2.08. The molecule has 0 spiro atoms. The van der Waals surface area contributed by atoms with Gasteiger partial charge in [0.1, 0.15) is 5.75 Å². The molecular weight excluding hydrogens is 368 g/mol. The zero-order chi connectivity index (χ0) is 19.3. The number of amides is 1. The highest BCUT2D eigenvalue weighted by atomic mass is 32.2. The van der Waals surface area contributed by atoms with Crippen LogP contribution in [0.5, 0.6) is 5.75 Å². The molecule has 0 bridgehead atoms. The van der Waals surface area contributed by atoms with E-state index in [-0.39, 0.29) is 5.91 Å². The molecule has 2 aromatic rings. The van der Waals surface area contributed by atoms with Crippen LogP contribution < -0.4 is 4.74 Å². The largest absolute Gasteiger partial charge is 0.496 e. The monoisotopic (exact) mass is 396 g/mol. The summed E-state index contributed by atoms with van der Waals surface area (Å²) >= 11 is 1.87. The molecule has 4 nitrogen and oxygen atoms in total. The molecule has 0 N–H and O–H groups in total. The molecule has 4 rings (SSSR count). The number of hydrogen-bond donors (Lipinski definition) is 0. The summed E-state index contributed by atoms with van der Waals surface area (Å²) < 4.78 is 5.43. The van der Waals surface area contributed by atoms with Crippen LogP contribution in [0.4, 0.5) is 0 Å². The zero-order valence-electron chi connectivity index (χ0n) is 16.5. The van der Waals surface area contributed by atoms with Crippen LogP contribution in [-0.2, 0) is 6.54 Å². The van der Waals surface area contributed by atoms with Gasteiger partial charge in [0.05, 0.1) is 7.11 Å². The number of para-hydroxylation sites is 1. The van der Waals surface area contributed by atoms with E-state index in [0.717, 1.165) is 49.8 Å². The van der Waals surface area contributed by atoms with E-state index in [9.17, 15) is 4.79 Å². The van der Waals surface area contributed by atoms with Gasteiger partial charge in [0.2, 0.25) is 0 Å². The number of carbonyl (C=O) groups excluding carboxylic acids is 1. The summed E-state index contributed by atoms with van der Waals surface area (Å²) in [5, 5.41) is 0. The molecule has 0 atom stereocenters. The van der Waals surface area contributed by atoms with Gasteiger partial charge in [-0.15, -0.1) is 11.8 Å². The highest BCUT2D eigenvalue weighted by Crippen LogP contribution is 2.29. The summed E-state index contributed by atoms with van der Waals surface area (Å²) in [5.74, 6) is 2.87. The number of fused-ring (bicyclic) bond motifs is 1. The third-order valence-electron chi connectivity index (χ3n) is 5.82. The average Bonchev–Trinajstić information content (AvgIpc) is 3.05. The molecule has 0 aliphatic carbocycles. The van der Waals surface area contributed by atoms with Crippen LogP contribution >= 0.6 is 11.8 Å². The Balaban J connectivity index is 1.20. The minimum atomic E-state index is 0.214. The van der Waals surface area contributed by atoms with Crippen molar-refractivity contribution in [3.63, 3.8) is 0 Å². The second-order valence-electron chi connectivity index (χ2n) is 7.63. The average molecular weight is 397 g/mol. The number of thioether (sulfide) groups is 1. The Hall–Kier alpha value is -1.98. The van der Waals surface area contributed by atoms with Crippen LogP contribution in [0.15, 0.2) is 53.4 Å².